The van der Waals surface area contributed by atoms with Crippen LogP contribution in [0.25, 0.3) is 10.9 Å². The summed E-state index contributed by atoms with van der Waals surface area (Å²) in [6.07, 6.45) is 7.74. The summed E-state index contributed by atoms with van der Waals surface area (Å²) in [6.45, 7) is 0.748. The second-order valence-electron chi connectivity index (χ2n) is 5.68. The largest absolute Gasteiger partial charge is 0.399 e. The Hall–Kier alpha value is -1.88. The number of aromatic nitrogens is 2. The van der Waals surface area contributed by atoms with E-state index in [1.54, 1.807) is 6.33 Å². The molecule has 5 nitrogen and oxygen atoms in total. The van der Waals surface area contributed by atoms with Crippen LogP contribution in [0.1, 0.15) is 32.1 Å². The van der Waals surface area contributed by atoms with E-state index in [1.165, 1.54) is 32.1 Å². The van der Waals surface area contributed by atoms with E-state index in [9.17, 15) is 5.11 Å². The normalized spacial score (nSPS) is 16.2. The number of hydrogen-bond acceptors (Lipinski definition) is 5. The third-order valence-corrected chi connectivity index (χ3v) is 4.27. The van der Waals surface area contributed by atoms with Crippen LogP contribution in [0.15, 0.2) is 24.5 Å². The van der Waals surface area contributed by atoms with Crippen molar-refractivity contribution in [1.29, 1.82) is 0 Å². The first-order chi connectivity index (χ1) is 10.3. The van der Waals surface area contributed by atoms with E-state index >= 15 is 0 Å². The van der Waals surface area contributed by atoms with E-state index in [0.29, 0.717) is 18.3 Å². The highest BCUT2D eigenvalue weighted by atomic mass is 16.3. The average molecular weight is 286 g/mol. The van der Waals surface area contributed by atoms with Crippen molar-refractivity contribution in [3.05, 3.63) is 24.5 Å². The Morgan fingerprint density at radius 1 is 1.19 bits per heavy atom. The molecule has 5 heteroatoms. The SMILES string of the molecule is Nc1ccc2c(N(CCO)C3CCCCC3)ncnc2c1. The molecular weight excluding hydrogens is 264 g/mol. The number of nitrogens with two attached hydrogens (primary N) is 1. The summed E-state index contributed by atoms with van der Waals surface area (Å²) in [5.74, 6) is 0.918. The van der Waals surface area contributed by atoms with Crippen LogP contribution in [0.2, 0.25) is 0 Å². The van der Waals surface area contributed by atoms with Crippen molar-refractivity contribution in [2.45, 2.75) is 38.1 Å². The van der Waals surface area contributed by atoms with Crippen LogP contribution < -0.4 is 10.6 Å². The Morgan fingerprint density at radius 2 is 2.00 bits per heavy atom. The van der Waals surface area contributed by atoms with E-state index in [1.807, 2.05) is 18.2 Å². The zero-order chi connectivity index (χ0) is 14.7. The molecule has 0 aliphatic heterocycles. The number of aliphatic hydroxyl groups is 1. The van der Waals surface area contributed by atoms with Gasteiger partial charge in [-0.25, -0.2) is 9.97 Å². The average Bonchev–Trinajstić information content (AvgIpc) is 2.53. The first-order valence-electron chi connectivity index (χ1n) is 7.67. The summed E-state index contributed by atoms with van der Waals surface area (Å²) in [4.78, 5) is 11.1. The quantitative estimate of drug-likeness (QED) is 0.844. The fourth-order valence-electron chi connectivity index (χ4n) is 3.25. The van der Waals surface area contributed by atoms with Crippen LogP contribution in [-0.2, 0) is 0 Å². The van der Waals surface area contributed by atoms with Crippen molar-refractivity contribution >= 4 is 22.4 Å². The van der Waals surface area contributed by atoms with Gasteiger partial charge in [-0.05, 0) is 31.0 Å². The van der Waals surface area contributed by atoms with Gasteiger partial charge in [0.05, 0.1) is 12.1 Å². The minimum atomic E-state index is 0.136. The molecule has 2 aromatic rings. The lowest BCUT2D eigenvalue weighted by atomic mass is 9.94. The van der Waals surface area contributed by atoms with Crippen LogP contribution in [0, 0.1) is 0 Å². The summed E-state index contributed by atoms with van der Waals surface area (Å²) < 4.78 is 0. The maximum Gasteiger partial charge on any atom is 0.140 e. The number of nitrogens with zero attached hydrogens (tertiary/aromatic N) is 3. The first-order valence-corrected chi connectivity index (χ1v) is 7.67. The van der Waals surface area contributed by atoms with Crippen molar-refractivity contribution in [2.75, 3.05) is 23.8 Å². The molecule has 0 radical (unpaired) electrons. The molecule has 0 amide bonds. The highest BCUT2D eigenvalue weighted by Crippen LogP contribution is 2.30. The Labute approximate surface area is 124 Å². The Kier molecular flexibility index (Phi) is 4.20. The number of nitrogen functional groups attached to an aromatic ring is 1. The lowest BCUT2D eigenvalue weighted by molar-refractivity contribution is 0.289. The molecule has 0 bridgehead atoms. The Morgan fingerprint density at radius 3 is 2.76 bits per heavy atom. The lowest BCUT2D eigenvalue weighted by Gasteiger charge is -2.35. The second kappa shape index (κ2) is 6.26. The number of rotatable bonds is 4. The molecule has 1 aromatic carbocycles. The number of hydrogen-bond donors (Lipinski definition) is 2. The highest BCUT2D eigenvalue weighted by Gasteiger charge is 2.23. The first kappa shape index (κ1) is 14.1. The van der Waals surface area contributed by atoms with Gasteiger partial charge in [0.2, 0.25) is 0 Å². The molecule has 3 N–H and O–H groups in total. The summed E-state index contributed by atoms with van der Waals surface area (Å²) >= 11 is 0. The molecule has 21 heavy (non-hydrogen) atoms. The molecule has 0 unspecified atom stereocenters. The van der Waals surface area contributed by atoms with Gasteiger partial charge in [-0.2, -0.15) is 0 Å². The molecular formula is C16H22N4O. The summed E-state index contributed by atoms with van der Waals surface area (Å²) in [5, 5.41) is 10.4. The summed E-state index contributed by atoms with van der Waals surface area (Å²) in [7, 11) is 0. The fourth-order valence-corrected chi connectivity index (χ4v) is 3.25. The van der Waals surface area contributed by atoms with Gasteiger partial charge in [0.25, 0.3) is 0 Å². The van der Waals surface area contributed by atoms with Gasteiger partial charge in [0, 0.05) is 23.7 Å². The Bertz CT molecular complexity index is 610. The monoisotopic (exact) mass is 286 g/mol. The van der Waals surface area contributed by atoms with Crippen molar-refractivity contribution in [2.24, 2.45) is 0 Å². The van der Waals surface area contributed by atoms with E-state index in [2.05, 4.69) is 14.9 Å². The predicted octanol–water partition coefficient (Wildman–Crippen LogP) is 2.34. The van der Waals surface area contributed by atoms with Gasteiger partial charge in [-0.15, -0.1) is 0 Å². The van der Waals surface area contributed by atoms with Crippen LogP contribution in [-0.4, -0.2) is 34.3 Å². The smallest absolute Gasteiger partial charge is 0.140 e. The van der Waals surface area contributed by atoms with Crippen LogP contribution in [0.5, 0.6) is 0 Å². The maximum absolute atomic E-state index is 9.44. The maximum atomic E-state index is 9.44. The molecule has 3 rings (SSSR count). The third kappa shape index (κ3) is 2.93. The van der Waals surface area contributed by atoms with Crippen molar-refractivity contribution in [1.82, 2.24) is 9.97 Å². The van der Waals surface area contributed by atoms with Crippen molar-refractivity contribution in [3.63, 3.8) is 0 Å². The Balaban J connectivity index is 2.02. The third-order valence-electron chi connectivity index (χ3n) is 4.27. The van der Waals surface area contributed by atoms with Gasteiger partial charge in [0.15, 0.2) is 0 Å². The van der Waals surface area contributed by atoms with Crippen LogP contribution in [0.4, 0.5) is 11.5 Å². The molecule has 1 aliphatic rings. The summed E-state index contributed by atoms with van der Waals surface area (Å²) in [6, 6.07) is 6.19. The standard InChI is InChI=1S/C16H22N4O/c17-12-6-7-14-15(10-12)18-11-19-16(14)20(8-9-21)13-4-2-1-3-5-13/h6-7,10-11,13,21H,1-5,8-9,17H2. The molecule has 1 heterocycles. The fraction of sp³-hybridized carbons (Fsp3) is 0.500. The van der Waals surface area contributed by atoms with E-state index in [-0.39, 0.29) is 6.61 Å². The van der Waals surface area contributed by atoms with Crippen molar-refractivity contribution in [3.8, 4) is 0 Å². The van der Waals surface area contributed by atoms with Gasteiger partial charge >= 0.3 is 0 Å². The molecule has 112 valence electrons. The van der Waals surface area contributed by atoms with E-state index in [0.717, 1.165) is 16.7 Å². The molecule has 1 saturated carbocycles. The van der Waals surface area contributed by atoms with Gasteiger partial charge in [-0.1, -0.05) is 19.3 Å². The lowest BCUT2D eigenvalue weighted by Crippen LogP contribution is -2.39. The topological polar surface area (TPSA) is 75.3 Å². The van der Waals surface area contributed by atoms with E-state index < -0.39 is 0 Å². The minimum absolute atomic E-state index is 0.136. The molecule has 1 fully saturated rings. The van der Waals surface area contributed by atoms with E-state index in [4.69, 9.17) is 5.73 Å². The van der Waals surface area contributed by atoms with Gasteiger partial charge in [-0.3, -0.25) is 0 Å². The molecule has 1 aliphatic carbocycles. The number of aliphatic hydroxyl groups excluding tert-OH is 1. The zero-order valence-corrected chi connectivity index (χ0v) is 12.2. The van der Waals surface area contributed by atoms with Crippen LogP contribution >= 0.6 is 0 Å². The van der Waals surface area contributed by atoms with Crippen LogP contribution in [0.3, 0.4) is 0 Å². The van der Waals surface area contributed by atoms with Gasteiger partial charge < -0.3 is 15.7 Å². The highest BCUT2D eigenvalue weighted by molar-refractivity contribution is 5.91. The number of anilines is 2. The zero-order valence-electron chi connectivity index (χ0n) is 12.2. The number of benzene rings is 1. The second-order valence-corrected chi connectivity index (χ2v) is 5.68. The predicted molar refractivity (Wildman–Crippen MR) is 85.3 cm³/mol. The van der Waals surface area contributed by atoms with Crippen molar-refractivity contribution < 1.29 is 5.11 Å². The minimum Gasteiger partial charge on any atom is -0.399 e. The molecule has 0 atom stereocenters. The van der Waals surface area contributed by atoms with Gasteiger partial charge in [0.1, 0.15) is 12.1 Å². The summed E-state index contributed by atoms with van der Waals surface area (Å²) in [5.41, 5.74) is 7.40. The molecule has 0 spiro atoms. The number of fused-ring (bicyclic) bond motifs is 1. The molecule has 0 saturated heterocycles. The molecule has 1 aromatic heterocycles.